The minimum Gasteiger partial charge on any atom is -0.459 e. The topological polar surface area (TPSA) is 97.4 Å². The quantitative estimate of drug-likeness (QED) is 0.0396. The molecular formula is C44H76O8. The monoisotopic (exact) mass is 733 g/mol. The fourth-order valence-corrected chi connectivity index (χ4v) is 10.5. The third-order valence-electron chi connectivity index (χ3n) is 12.8. The van der Waals surface area contributed by atoms with Crippen molar-refractivity contribution >= 4 is 17.9 Å². The van der Waals surface area contributed by atoms with Crippen molar-refractivity contribution in [2.24, 2.45) is 17.3 Å². The van der Waals surface area contributed by atoms with Gasteiger partial charge in [-0.15, -0.1) is 0 Å². The Morgan fingerprint density at radius 2 is 1.10 bits per heavy atom. The van der Waals surface area contributed by atoms with Gasteiger partial charge in [-0.1, -0.05) is 85.0 Å². The van der Waals surface area contributed by atoms with Crippen molar-refractivity contribution in [2.75, 3.05) is 13.2 Å². The van der Waals surface area contributed by atoms with Crippen LogP contribution >= 0.6 is 0 Å². The molecule has 0 amide bonds. The van der Waals surface area contributed by atoms with Crippen molar-refractivity contribution in [1.82, 2.24) is 0 Å². The van der Waals surface area contributed by atoms with Crippen LogP contribution in [0.15, 0.2) is 0 Å². The molecule has 8 nitrogen and oxygen atoms in total. The molecular weight excluding hydrogens is 656 g/mol. The van der Waals surface area contributed by atoms with Crippen molar-refractivity contribution in [1.29, 1.82) is 0 Å². The normalized spacial score (nSPS) is 31.0. The fourth-order valence-electron chi connectivity index (χ4n) is 10.5. The van der Waals surface area contributed by atoms with Crippen LogP contribution in [-0.4, -0.2) is 54.2 Å². The summed E-state index contributed by atoms with van der Waals surface area (Å²) in [6, 6.07) is 0. The van der Waals surface area contributed by atoms with Crippen LogP contribution in [0.2, 0.25) is 0 Å². The van der Waals surface area contributed by atoms with Crippen LogP contribution in [0.4, 0.5) is 0 Å². The molecule has 0 saturated heterocycles. The van der Waals surface area contributed by atoms with Crippen LogP contribution in [0.5, 0.6) is 0 Å². The molecule has 5 aliphatic rings. The molecule has 0 radical (unpaired) electrons. The second-order valence-electron chi connectivity index (χ2n) is 18.1. The van der Waals surface area contributed by atoms with Crippen LogP contribution in [0.1, 0.15) is 208 Å². The van der Waals surface area contributed by atoms with E-state index < -0.39 is 23.1 Å². The van der Waals surface area contributed by atoms with Gasteiger partial charge in [-0.05, 0) is 102 Å². The molecule has 52 heavy (non-hydrogen) atoms. The maximum Gasteiger partial charge on any atom is 0.306 e. The van der Waals surface area contributed by atoms with Crippen LogP contribution in [0, 0.1) is 17.3 Å². The molecule has 5 aliphatic carbocycles. The predicted molar refractivity (Wildman–Crippen MR) is 205 cm³/mol. The van der Waals surface area contributed by atoms with Gasteiger partial charge in [-0.25, -0.2) is 0 Å². The van der Waals surface area contributed by atoms with E-state index in [2.05, 4.69) is 13.8 Å². The van der Waals surface area contributed by atoms with Crippen LogP contribution < -0.4 is 0 Å². The standard InChI is InChI=1S/C44H76O8/c1-6-9-11-13-15-17-27-48-40(49-28-18-16-14-12-10-7-2)20-19-38(46)51-42(5)30-36-29-41(4,50-37(45)8-3)33-44(31-36,34-42)52-39(47)32-43-24-21-35(22-25-43)23-26-43/h35-36,40H,6-34H2,1-5H3. The van der Waals surface area contributed by atoms with Crippen LogP contribution in [0.3, 0.4) is 0 Å². The molecule has 0 aliphatic heterocycles. The van der Waals surface area contributed by atoms with Crippen LogP contribution in [-0.2, 0) is 38.1 Å². The Morgan fingerprint density at radius 1 is 0.596 bits per heavy atom. The summed E-state index contributed by atoms with van der Waals surface area (Å²) in [4.78, 5) is 39.9. The van der Waals surface area contributed by atoms with E-state index in [1.54, 1.807) is 0 Å². The fraction of sp³-hybridized carbons (Fsp3) is 0.932. The highest BCUT2D eigenvalue weighted by Gasteiger charge is 2.59. The Labute approximate surface area is 316 Å². The smallest absolute Gasteiger partial charge is 0.306 e. The molecule has 0 spiro atoms. The zero-order chi connectivity index (χ0) is 37.5. The number of fused-ring (bicyclic) bond motifs is 5. The first-order chi connectivity index (χ1) is 24.9. The van der Waals surface area contributed by atoms with Gasteiger partial charge in [0.1, 0.15) is 16.8 Å². The van der Waals surface area contributed by atoms with E-state index in [0.29, 0.717) is 64.6 Å². The molecule has 5 saturated carbocycles. The lowest BCUT2D eigenvalue weighted by molar-refractivity contribution is -0.223. The first kappa shape index (κ1) is 43.1. The van der Waals surface area contributed by atoms with Gasteiger partial charge in [0.15, 0.2) is 6.29 Å². The summed E-state index contributed by atoms with van der Waals surface area (Å²) in [5, 5.41) is 0. The Balaban J connectivity index is 1.35. The van der Waals surface area contributed by atoms with E-state index in [0.717, 1.165) is 50.9 Å². The third-order valence-corrected chi connectivity index (χ3v) is 12.8. The molecule has 0 aromatic carbocycles. The van der Waals surface area contributed by atoms with Crippen molar-refractivity contribution in [2.45, 2.75) is 231 Å². The van der Waals surface area contributed by atoms with E-state index in [9.17, 15) is 14.4 Å². The molecule has 300 valence electrons. The Kier molecular flexibility index (Phi) is 17.3. The number of rotatable bonds is 25. The molecule has 0 aromatic rings. The molecule has 5 fully saturated rings. The molecule has 5 rings (SSSR count). The Morgan fingerprint density at radius 3 is 1.62 bits per heavy atom. The number of ether oxygens (including phenoxy) is 5. The van der Waals surface area contributed by atoms with Gasteiger partial charge in [0, 0.05) is 38.9 Å². The van der Waals surface area contributed by atoms with Crippen molar-refractivity contribution in [3.05, 3.63) is 0 Å². The maximum absolute atomic E-state index is 13.8. The van der Waals surface area contributed by atoms with Gasteiger partial charge in [0.25, 0.3) is 0 Å². The number of unbranched alkanes of at least 4 members (excludes halogenated alkanes) is 10. The van der Waals surface area contributed by atoms with E-state index >= 15 is 0 Å². The third kappa shape index (κ3) is 13.9. The molecule has 4 bridgehead atoms. The predicted octanol–water partition coefficient (Wildman–Crippen LogP) is 11.1. The van der Waals surface area contributed by atoms with Crippen molar-refractivity contribution < 1.29 is 38.1 Å². The Hall–Kier alpha value is -1.67. The van der Waals surface area contributed by atoms with Gasteiger partial charge >= 0.3 is 17.9 Å². The zero-order valence-electron chi connectivity index (χ0n) is 34.0. The van der Waals surface area contributed by atoms with Gasteiger partial charge in [0.05, 0.1) is 12.8 Å². The summed E-state index contributed by atoms with van der Waals surface area (Å²) < 4.78 is 31.4. The van der Waals surface area contributed by atoms with Crippen LogP contribution in [0.25, 0.3) is 0 Å². The minimum atomic E-state index is -0.846. The lowest BCUT2D eigenvalue weighted by Crippen LogP contribution is -2.60. The highest BCUT2D eigenvalue weighted by molar-refractivity contribution is 5.72. The highest BCUT2D eigenvalue weighted by Crippen LogP contribution is 2.56. The van der Waals surface area contributed by atoms with Gasteiger partial charge in [0.2, 0.25) is 0 Å². The summed E-state index contributed by atoms with van der Waals surface area (Å²) in [5.41, 5.74) is -2.30. The molecule has 0 aromatic heterocycles. The van der Waals surface area contributed by atoms with Gasteiger partial charge < -0.3 is 23.7 Å². The highest BCUT2D eigenvalue weighted by atomic mass is 16.7. The average Bonchev–Trinajstić information content (AvgIpc) is 3.08. The first-order valence-corrected chi connectivity index (χ1v) is 21.8. The Bertz CT molecular complexity index is 1070. The molecule has 8 heteroatoms. The van der Waals surface area contributed by atoms with Gasteiger partial charge in [-0.2, -0.15) is 0 Å². The number of esters is 3. The summed E-state index contributed by atoms with van der Waals surface area (Å²) in [6.07, 6.45) is 25.2. The summed E-state index contributed by atoms with van der Waals surface area (Å²) in [5.74, 6) is 0.280. The number of hydrogen-bond donors (Lipinski definition) is 0. The molecule has 0 heterocycles. The second-order valence-corrected chi connectivity index (χ2v) is 18.1. The minimum absolute atomic E-state index is 0.0593. The SMILES string of the molecule is CCCCCCCCOC(CCC(=O)OC1(C)CC2CC(C)(OC(=O)CC)CC(OC(=O)CC34CCC(CC3)CC4)(C2)C1)OCCCCCCCC. The van der Waals surface area contributed by atoms with E-state index in [1.807, 2.05) is 20.8 Å². The summed E-state index contributed by atoms with van der Waals surface area (Å²) >= 11 is 0. The van der Waals surface area contributed by atoms with Crippen molar-refractivity contribution in [3.63, 3.8) is 0 Å². The zero-order valence-corrected chi connectivity index (χ0v) is 34.0. The summed E-state index contributed by atoms with van der Waals surface area (Å²) in [7, 11) is 0. The van der Waals surface area contributed by atoms with Gasteiger partial charge in [-0.3, -0.25) is 14.4 Å². The van der Waals surface area contributed by atoms with E-state index in [-0.39, 0.29) is 35.7 Å². The number of carbonyl (C=O) groups excluding carboxylic acids is 3. The second kappa shape index (κ2) is 20.9. The number of carbonyl (C=O) groups is 3. The number of hydrogen-bond acceptors (Lipinski definition) is 8. The first-order valence-electron chi connectivity index (χ1n) is 21.8. The maximum atomic E-state index is 13.8. The lowest BCUT2D eigenvalue weighted by atomic mass is 9.59. The lowest BCUT2D eigenvalue weighted by Gasteiger charge is -2.56. The summed E-state index contributed by atoms with van der Waals surface area (Å²) in [6.45, 7) is 11.5. The van der Waals surface area contributed by atoms with E-state index in [4.69, 9.17) is 23.7 Å². The molecule has 4 atom stereocenters. The van der Waals surface area contributed by atoms with Crippen molar-refractivity contribution in [3.8, 4) is 0 Å². The molecule has 0 N–H and O–H groups in total. The largest absolute Gasteiger partial charge is 0.459 e. The van der Waals surface area contributed by atoms with E-state index in [1.165, 1.54) is 70.6 Å². The average molecular weight is 733 g/mol. The molecule has 4 unspecified atom stereocenters.